The molecule has 2 fully saturated rings. The molecule has 1 aliphatic carbocycles. The molecule has 3 heteroatoms. The molecule has 1 saturated heterocycles. The second-order valence-corrected chi connectivity index (χ2v) is 6.58. The lowest BCUT2D eigenvalue weighted by molar-refractivity contribution is 0.0618. The summed E-state index contributed by atoms with van der Waals surface area (Å²) in [4.78, 5) is 2.65. The molecule has 19 heavy (non-hydrogen) atoms. The largest absolute Gasteiger partial charge is 0.381 e. The third-order valence-electron chi connectivity index (χ3n) is 4.78. The predicted molar refractivity (Wildman–Crippen MR) is 80.5 cm³/mol. The summed E-state index contributed by atoms with van der Waals surface area (Å²) >= 11 is 0. The van der Waals surface area contributed by atoms with Crippen LogP contribution in [0.25, 0.3) is 0 Å². The van der Waals surface area contributed by atoms with Gasteiger partial charge in [-0.3, -0.25) is 0 Å². The van der Waals surface area contributed by atoms with Gasteiger partial charge in [0, 0.05) is 19.7 Å². The number of nitrogens with zero attached hydrogens (tertiary/aromatic N) is 1. The van der Waals surface area contributed by atoms with Crippen LogP contribution in [0.1, 0.15) is 51.9 Å². The predicted octanol–water partition coefficient (Wildman–Crippen LogP) is 2.66. The number of piperidine rings is 1. The lowest BCUT2D eigenvalue weighted by Gasteiger charge is -2.31. The van der Waals surface area contributed by atoms with Crippen LogP contribution in [0.3, 0.4) is 0 Å². The van der Waals surface area contributed by atoms with Crippen molar-refractivity contribution >= 4 is 0 Å². The first kappa shape index (κ1) is 15.3. The number of ether oxygens (including phenoxy) is 1. The molecule has 0 radical (unpaired) electrons. The molecule has 2 aliphatic rings. The van der Waals surface area contributed by atoms with E-state index in [0.29, 0.717) is 6.10 Å². The minimum atomic E-state index is 0.517. The lowest BCUT2D eigenvalue weighted by Crippen LogP contribution is -2.41. The molecule has 3 nitrogen and oxygen atoms in total. The molecular formula is C16H32N2O. The van der Waals surface area contributed by atoms with Crippen LogP contribution in [0.15, 0.2) is 0 Å². The molecule has 1 aliphatic heterocycles. The summed E-state index contributed by atoms with van der Waals surface area (Å²) in [5, 5.41) is 3.77. The van der Waals surface area contributed by atoms with E-state index in [1.54, 1.807) is 0 Å². The van der Waals surface area contributed by atoms with E-state index in [1.165, 1.54) is 71.1 Å². The van der Waals surface area contributed by atoms with Gasteiger partial charge in [-0.1, -0.05) is 13.3 Å². The van der Waals surface area contributed by atoms with E-state index in [1.807, 2.05) is 7.11 Å². The van der Waals surface area contributed by atoms with Gasteiger partial charge in [0.05, 0.1) is 6.10 Å². The Morgan fingerprint density at radius 1 is 1.11 bits per heavy atom. The van der Waals surface area contributed by atoms with Crippen molar-refractivity contribution in [2.24, 2.45) is 5.92 Å². The number of hydrogen-bond acceptors (Lipinski definition) is 3. The molecule has 0 spiro atoms. The fourth-order valence-electron chi connectivity index (χ4n) is 3.52. The molecule has 1 N–H and O–H groups in total. The Kier molecular flexibility index (Phi) is 6.62. The van der Waals surface area contributed by atoms with Gasteiger partial charge in [-0.25, -0.2) is 0 Å². The summed E-state index contributed by atoms with van der Waals surface area (Å²) < 4.78 is 5.43. The Morgan fingerprint density at radius 2 is 1.79 bits per heavy atom. The number of likely N-dealkylation sites (tertiary alicyclic amines) is 1. The van der Waals surface area contributed by atoms with Crippen molar-refractivity contribution in [1.82, 2.24) is 10.2 Å². The van der Waals surface area contributed by atoms with Crippen LogP contribution in [0.2, 0.25) is 0 Å². The van der Waals surface area contributed by atoms with Gasteiger partial charge in [0.2, 0.25) is 0 Å². The molecule has 0 aromatic heterocycles. The number of hydrogen-bond donors (Lipinski definition) is 1. The highest BCUT2D eigenvalue weighted by molar-refractivity contribution is 4.78. The zero-order chi connectivity index (χ0) is 13.5. The van der Waals surface area contributed by atoms with Gasteiger partial charge in [-0.2, -0.15) is 0 Å². The topological polar surface area (TPSA) is 24.5 Å². The smallest absolute Gasteiger partial charge is 0.0572 e. The van der Waals surface area contributed by atoms with Crippen molar-refractivity contribution in [3.63, 3.8) is 0 Å². The highest BCUT2D eigenvalue weighted by Crippen LogP contribution is 2.20. The van der Waals surface area contributed by atoms with E-state index < -0.39 is 0 Å². The van der Waals surface area contributed by atoms with Gasteiger partial charge in [-0.15, -0.1) is 0 Å². The summed E-state index contributed by atoms with van der Waals surface area (Å²) in [5.74, 6) is 0.776. The molecule has 0 aromatic rings. The minimum absolute atomic E-state index is 0.517. The minimum Gasteiger partial charge on any atom is -0.381 e. The lowest BCUT2D eigenvalue weighted by atomic mass is 9.92. The normalized spacial score (nSPS) is 31.3. The number of nitrogens with one attached hydrogen (secondary N) is 1. The van der Waals surface area contributed by atoms with E-state index in [4.69, 9.17) is 4.74 Å². The van der Waals surface area contributed by atoms with Crippen molar-refractivity contribution in [3.8, 4) is 0 Å². The monoisotopic (exact) mass is 268 g/mol. The van der Waals surface area contributed by atoms with Crippen molar-refractivity contribution in [2.75, 3.05) is 33.3 Å². The van der Waals surface area contributed by atoms with Crippen LogP contribution in [0.5, 0.6) is 0 Å². The SMILES string of the molecule is COC1CCC(NCC(C)CN2CCCCC2)CC1. The third-order valence-corrected chi connectivity index (χ3v) is 4.78. The first-order valence-electron chi connectivity index (χ1n) is 8.26. The Balaban J connectivity index is 1.57. The summed E-state index contributed by atoms with van der Waals surface area (Å²) in [7, 11) is 1.85. The molecule has 112 valence electrons. The van der Waals surface area contributed by atoms with Crippen molar-refractivity contribution in [1.29, 1.82) is 0 Å². The molecule has 2 rings (SSSR count). The molecule has 0 aromatic carbocycles. The zero-order valence-electron chi connectivity index (χ0n) is 12.9. The van der Waals surface area contributed by atoms with E-state index in [0.717, 1.165) is 12.0 Å². The first-order chi connectivity index (χ1) is 9.28. The van der Waals surface area contributed by atoms with E-state index in [9.17, 15) is 0 Å². The van der Waals surface area contributed by atoms with Gasteiger partial charge in [0.15, 0.2) is 0 Å². The van der Waals surface area contributed by atoms with Gasteiger partial charge in [0.1, 0.15) is 0 Å². The average molecular weight is 268 g/mol. The Labute approximate surface area is 119 Å². The van der Waals surface area contributed by atoms with Crippen molar-refractivity contribution in [3.05, 3.63) is 0 Å². The summed E-state index contributed by atoms with van der Waals surface area (Å²) in [6.45, 7) is 7.49. The summed E-state index contributed by atoms with van der Waals surface area (Å²) in [5.41, 5.74) is 0. The third kappa shape index (κ3) is 5.41. The van der Waals surface area contributed by atoms with Crippen molar-refractivity contribution < 1.29 is 4.74 Å². The molecule has 0 bridgehead atoms. The van der Waals surface area contributed by atoms with Gasteiger partial charge < -0.3 is 15.0 Å². The van der Waals surface area contributed by atoms with Crippen LogP contribution in [-0.2, 0) is 4.74 Å². The highest BCUT2D eigenvalue weighted by Gasteiger charge is 2.21. The average Bonchev–Trinajstić information content (AvgIpc) is 2.47. The zero-order valence-corrected chi connectivity index (χ0v) is 12.9. The van der Waals surface area contributed by atoms with E-state index in [-0.39, 0.29) is 0 Å². The maximum atomic E-state index is 5.43. The standard InChI is InChI=1S/C16H32N2O/c1-14(13-18-10-4-3-5-11-18)12-17-15-6-8-16(19-2)9-7-15/h14-17H,3-13H2,1-2H3. The van der Waals surface area contributed by atoms with Gasteiger partial charge in [-0.05, 0) is 64.1 Å². The second kappa shape index (κ2) is 8.23. The Morgan fingerprint density at radius 3 is 2.42 bits per heavy atom. The highest BCUT2D eigenvalue weighted by atomic mass is 16.5. The van der Waals surface area contributed by atoms with Crippen LogP contribution in [0, 0.1) is 5.92 Å². The first-order valence-corrected chi connectivity index (χ1v) is 8.26. The number of methoxy groups -OCH3 is 1. The van der Waals surface area contributed by atoms with Crippen LogP contribution in [0.4, 0.5) is 0 Å². The maximum absolute atomic E-state index is 5.43. The van der Waals surface area contributed by atoms with E-state index in [2.05, 4.69) is 17.1 Å². The summed E-state index contributed by atoms with van der Waals surface area (Å²) in [6, 6.07) is 0.732. The number of rotatable bonds is 6. The fraction of sp³-hybridized carbons (Fsp3) is 1.00. The molecule has 1 atom stereocenters. The maximum Gasteiger partial charge on any atom is 0.0572 e. The summed E-state index contributed by atoms with van der Waals surface area (Å²) in [6.07, 6.45) is 9.80. The molecule has 1 unspecified atom stereocenters. The Hall–Kier alpha value is -0.120. The van der Waals surface area contributed by atoms with Crippen LogP contribution >= 0.6 is 0 Å². The van der Waals surface area contributed by atoms with Crippen LogP contribution < -0.4 is 5.32 Å². The quantitative estimate of drug-likeness (QED) is 0.801. The van der Waals surface area contributed by atoms with Crippen LogP contribution in [-0.4, -0.2) is 50.3 Å². The second-order valence-electron chi connectivity index (χ2n) is 6.58. The molecular weight excluding hydrogens is 236 g/mol. The molecule has 1 saturated carbocycles. The molecule has 0 amide bonds. The van der Waals surface area contributed by atoms with Gasteiger partial charge in [0.25, 0.3) is 0 Å². The van der Waals surface area contributed by atoms with Crippen molar-refractivity contribution in [2.45, 2.75) is 64.0 Å². The van der Waals surface area contributed by atoms with E-state index >= 15 is 0 Å². The van der Waals surface area contributed by atoms with Gasteiger partial charge >= 0.3 is 0 Å². The molecule has 1 heterocycles. The fourth-order valence-corrected chi connectivity index (χ4v) is 3.52. The Bertz CT molecular complexity index is 233.